The maximum Gasteiger partial charge on any atom is 0.237 e. The Balaban J connectivity index is 0.00000242. The summed E-state index contributed by atoms with van der Waals surface area (Å²) >= 11 is 0. The van der Waals surface area contributed by atoms with Gasteiger partial charge < -0.3 is 11.1 Å². The molecule has 2 fully saturated rings. The quantitative estimate of drug-likeness (QED) is 0.835. The first-order valence-electron chi connectivity index (χ1n) is 8.59. The van der Waals surface area contributed by atoms with Crippen molar-refractivity contribution in [1.29, 1.82) is 0 Å². The molecule has 1 aliphatic carbocycles. The highest BCUT2D eigenvalue weighted by atomic mass is 35.5. The summed E-state index contributed by atoms with van der Waals surface area (Å²) in [5.41, 5.74) is 6.28. The second kappa shape index (κ2) is 7.98. The van der Waals surface area contributed by atoms with Crippen molar-refractivity contribution in [2.24, 2.45) is 17.1 Å². The fourth-order valence-electron chi connectivity index (χ4n) is 3.64. The van der Waals surface area contributed by atoms with Crippen LogP contribution in [0.25, 0.3) is 0 Å². The van der Waals surface area contributed by atoms with E-state index in [4.69, 9.17) is 5.73 Å². The Hall–Kier alpha value is -0.320. The third kappa shape index (κ3) is 4.84. The number of halogens is 1. The van der Waals surface area contributed by atoms with Crippen LogP contribution in [0.5, 0.6) is 0 Å². The molecule has 0 aromatic heterocycles. The first-order chi connectivity index (χ1) is 9.79. The van der Waals surface area contributed by atoms with Crippen molar-refractivity contribution < 1.29 is 4.79 Å². The Morgan fingerprint density at radius 1 is 1.23 bits per heavy atom. The molecule has 22 heavy (non-hydrogen) atoms. The summed E-state index contributed by atoms with van der Waals surface area (Å²) in [4.78, 5) is 14.8. The normalized spacial score (nSPS) is 33.6. The predicted octanol–water partition coefficient (Wildman–Crippen LogP) is 2.55. The van der Waals surface area contributed by atoms with Crippen LogP contribution in [0, 0.1) is 11.3 Å². The standard InChI is InChI=1S/C17H33N3O.ClH/c1-12-5-7-14(8-6-12)19-16(21)13(2)20-10-9-15(18)17(3,4)11-20;/h12-15H,5-11,18H2,1-4H3,(H,19,21);1H. The van der Waals surface area contributed by atoms with Crippen molar-refractivity contribution in [2.45, 2.75) is 77.9 Å². The van der Waals surface area contributed by atoms with Gasteiger partial charge in [-0.1, -0.05) is 20.8 Å². The second-order valence-corrected chi connectivity index (χ2v) is 8.00. The van der Waals surface area contributed by atoms with E-state index in [0.717, 1.165) is 38.3 Å². The summed E-state index contributed by atoms with van der Waals surface area (Å²) in [5, 5.41) is 3.26. The number of carbonyl (C=O) groups is 1. The van der Waals surface area contributed by atoms with E-state index in [-0.39, 0.29) is 35.8 Å². The van der Waals surface area contributed by atoms with Crippen LogP contribution in [0.4, 0.5) is 0 Å². The average molecular weight is 332 g/mol. The molecular formula is C17H34ClN3O. The molecule has 0 aromatic rings. The zero-order valence-electron chi connectivity index (χ0n) is 14.6. The van der Waals surface area contributed by atoms with Crippen molar-refractivity contribution in [1.82, 2.24) is 10.2 Å². The minimum atomic E-state index is -0.0453. The SMILES string of the molecule is CC1CCC(NC(=O)C(C)N2CCC(N)C(C)(C)C2)CC1.Cl. The minimum absolute atomic E-state index is 0. The molecule has 2 atom stereocenters. The highest BCUT2D eigenvalue weighted by Crippen LogP contribution is 2.29. The van der Waals surface area contributed by atoms with Gasteiger partial charge in [-0.25, -0.2) is 0 Å². The van der Waals surface area contributed by atoms with Crippen molar-refractivity contribution in [2.75, 3.05) is 13.1 Å². The molecule has 0 aromatic carbocycles. The number of rotatable bonds is 3. The van der Waals surface area contributed by atoms with Gasteiger partial charge in [0.05, 0.1) is 6.04 Å². The number of nitrogens with two attached hydrogens (primary N) is 1. The molecule has 130 valence electrons. The van der Waals surface area contributed by atoms with E-state index >= 15 is 0 Å². The van der Waals surface area contributed by atoms with E-state index in [1.165, 1.54) is 12.8 Å². The van der Waals surface area contributed by atoms with Crippen LogP contribution in [-0.2, 0) is 4.79 Å². The molecule has 1 amide bonds. The zero-order valence-corrected chi connectivity index (χ0v) is 15.4. The van der Waals surface area contributed by atoms with E-state index in [1.54, 1.807) is 0 Å². The summed E-state index contributed by atoms with van der Waals surface area (Å²) in [7, 11) is 0. The highest BCUT2D eigenvalue weighted by molar-refractivity contribution is 5.85. The third-order valence-electron chi connectivity index (χ3n) is 5.63. The van der Waals surface area contributed by atoms with E-state index in [2.05, 4.69) is 31.0 Å². The van der Waals surface area contributed by atoms with Crippen molar-refractivity contribution >= 4 is 18.3 Å². The number of likely N-dealkylation sites (tertiary alicyclic amines) is 1. The fourth-order valence-corrected chi connectivity index (χ4v) is 3.64. The summed E-state index contributed by atoms with van der Waals surface area (Å²) in [6.45, 7) is 10.6. The molecule has 5 heteroatoms. The lowest BCUT2D eigenvalue weighted by molar-refractivity contribution is -0.128. The van der Waals surface area contributed by atoms with Gasteiger partial charge in [0, 0.05) is 25.2 Å². The molecule has 2 rings (SSSR count). The molecule has 1 heterocycles. The molecule has 1 saturated carbocycles. The lowest BCUT2D eigenvalue weighted by atomic mass is 9.79. The maximum absolute atomic E-state index is 12.5. The molecule has 0 radical (unpaired) electrons. The molecule has 2 aliphatic rings. The number of nitrogens with zero attached hydrogens (tertiary/aromatic N) is 1. The van der Waals surface area contributed by atoms with E-state index < -0.39 is 0 Å². The van der Waals surface area contributed by atoms with Crippen molar-refractivity contribution in [3.8, 4) is 0 Å². The maximum atomic E-state index is 12.5. The Labute approximate surface area is 142 Å². The van der Waals surface area contributed by atoms with Gasteiger partial charge in [-0.15, -0.1) is 12.4 Å². The number of amides is 1. The smallest absolute Gasteiger partial charge is 0.237 e. The Kier molecular flexibility index (Phi) is 7.16. The van der Waals surface area contributed by atoms with Crippen LogP contribution in [0.1, 0.15) is 59.8 Å². The fraction of sp³-hybridized carbons (Fsp3) is 0.941. The van der Waals surface area contributed by atoms with Gasteiger partial charge in [0.2, 0.25) is 5.91 Å². The van der Waals surface area contributed by atoms with Crippen LogP contribution >= 0.6 is 12.4 Å². The second-order valence-electron chi connectivity index (χ2n) is 8.00. The summed E-state index contributed by atoms with van der Waals surface area (Å²) in [6.07, 6.45) is 5.73. The van der Waals surface area contributed by atoms with E-state index in [1.807, 2.05) is 6.92 Å². The lowest BCUT2D eigenvalue weighted by Gasteiger charge is -2.44. The van der Waals surface area contributed by atoms with Crippen LogP contribution in [0.15, 0.2) is 0 Å². The molecule has 0 bridgehead atoms. The van der Waals surface area contributed by atoms with Gasteiger partial charge in [0.15, 0.2) is 0 Å². The average Bonchev–Trinajstić information content (AvgIpc) is 2.43. The molecular weight excluding hydrogens is 298 g/mol. The summed E-state index contributed by atoms with van der Waals surface area (Å²) < 4.78 is 0. The van der Waals surface area contributed by atoms with Crippen LogP contribution in [0.3, 0.4) is 0 Å². The first-order valence-corrected chi connectivity index (χ1v) is 8.59. The monoisotopic (exact) mass is 331 g/mol. The number of carbonyl (C=O) groups excluding carboxylic acids is 1. The number of nitrogens with one attached hydrogen (secondary N) is 1. The number of piperidine rings is 1. The van der Waals surface area contributed by atoms with Gasteiger partial charge in [-0.3, -0.25) is 9.69 Å². The van der Waals surface area contributed by atoms with E-state index in [0.29, 0.717) is 6.04 Å². The van der Waals surface area contributed by atoms with Gasteiger partial charge in [-0.2, -0.15) is 0 Å². The van der Waals surface area contributed by atoms with Gasteiger partial charge in [0.1, 0.15) is 0 Å². The molecule has 0 spiro atoms. The van der Waals surface area contributed by atoms with E-state index in [9.17, 15) is 4.79 Å². The van der Waals surface area contributed by atoms with Crippen LogP contribution < -0.4 is 11.1 Å². The molecule has 4 nitrogen and oxygen atoms in total. The Morgan fingerprint density at radius 2 is 1.82 bits per heavy atom. The highest BCUT2D eigenvalue weighted by Gasteiger charge is 2.37. The third-order valence-corrected chi connectivity index (χ3v) is 5.63. The minimum Gasteiger partial charge on any atom is -0.352 e. The number of hydrogen-bond acceptors (Lipinski definition) is 3. The number of hydrogen-bond donors (Lipinski definition) is 2. The summed E-state index contributed by atoms with van der Waals surface area (Å²) in [5.74, 6) is 1.01. The molecule has 2 unspecified atom stereocenters. The topological polar surface area (TPSA) is 58.4 Å². The Bertz CT molecular complexity index is 367. The largest absolute Gasteiger partial charge is 0.352 e. The van der Waals surface area contributed by atoms with Crippen molar-refractivity contribution in [3.05, 3.63) is 0 Å². The van der Waals surface area contributed by atoms with Crippen molar-refractivity contribution in [3.63, 3.8) is 0 Å². The summed E-state index contributed by atoms with van der Waals surface area (Å²) in [6, 6.07) is 0.580. The van der Waals surface area contributed by atoms with Crippen LogP contribution in [-0.4, -0.2) is 42.0 Å². The molecule has 1 saturated heterocycles. The van der Waals surface area contributed by atoms with Gasteiger partial charge >= 0.3 is 0 Å². The lowest BCUT2D eigenvalue weighted by Crippen LogP contribution is -2.58. The van der Waals surface area contributed by atoms with Gasteiger partial charge in [0.25, 0.3) is 0 Å². The first kappa shape index (κ1) is 19.7. The Morgan fingerprint density at radius 3 is 2.36 bits per heavy atom. The molecule has 3 N–H and O–H groups in total. The molecule has 1 aliphatic heterocycles. The zero-order chi connectivity index (χ0) is 15.6. The predicted molar refractivity (Wildman–Crippen MR) is 94.2 cm³/mol. The van der Waals surface area contributed by atoms with Gasteiger partial charge in [-0.05, 0) is 50.4 Å². The van der Waals surface area contributed by atoms with Crippen LogP contribution in [0.2, 0.25) is 0 Å².